The van der Waals surface area contributed by atoms with E-state index in [-0.39, 0.29) is 42.6 Å². The Kier molecular flexibility index (Phi) is 10.1. The molecule has 2 saturated carbocycles. The molecule has 2 aliphatic rings. The summed E-state index contributed by atoms with van der Waals surface area (Å²) in [5, 5.41) is 9.15. The van der Waals surface area contributed by atoms with E-state index in [1.165, 1.54) is 6.92 Å². The average Bonchev–Trinajstić information content (AvgIpc) is 2.90. The van der Waals surface area contributed by atoms with E-state index in [1.54, 1.807) is 0 Å². The second kappa shape index (κ2) is 13.1. The number of rotatable bonds is 10. The van der Waals surface area contributed by atoms with Gasteiger partial charge in [-0.1, -0.05) is 19.8 Å². The van der Waals surface area contributed by atoms with E-state index >= 15 is 8.78 Å². The topological polar surface area (TPSA) is 38.7 Å². The van der Waals surface area contributed by atoms with Crippen molar-refractivity contribution in [3.8, 4) is 16.9 Å². The Bertz CT molecular complexity index is 1090. The third-order valence-corrected chi connectivity index (χ3v) is 8.95. The molecule has 2 fully saturated rings. The first-order chi connectivity index (χ1) is 19.0. The third-order valence-electron chi connectivity index (χ3n) is 8.95. The van der Waals surface area contributed by atoms with E-state index in [9.17, 15) is 17.6 Å². The van der Waals surface area contributed by atoms with Gasteiger partial charge in [0.1, 0.15) is 35.8 Å². The number of aliphatic hydroxyl groups is 1. The van der Waals surface area contributed by atoms with Gasteiger partial charge in [0.15, 0.2) is 0 Å². The lowest BCUT2D eigenvalue weighted by molar-refractivity contribution is -0.224. The molecular formula is C31H38F6O3. The van der Waals surface area contributed by atoms with Gasteiger partial charge in [0, 0.05) is 17.7 Å². The molecule has 2 aliphatic carbocycles. The second-order valence-electron chi connectivity index (χ2n) is 11.7. The van der Waals surface area contributed by atoms with Gasteiger partial charge < -0.3 is 14.6 Å². The van der Waals surface area contributed by atoms with Crippen LogP contribution in [-0.4, -0.2) is 24.6 Å². The minimum Gasteiger partial charge on any atom is -0.432 e. The van der Waals surface area contributed by atoms with Crippen LogP contribution in [0.4, 0.5) is 26.3 Å². The Balaban J connectivity index is 1.38. The summed E-state index contributed by atoms with van der Waals surface area (Å²) in [7, 11) is 0. The van der Waals surface area contributed by atoms with Crippen LogP contribution in [0.5, 0.6) is 5.75 Å². The van der Waals surface area contributed by atoms with Crippen molar-refractivity contribution in [2.75, 3.05) is 13.4 Å². The highest BCUT2D eigenvalue weighted by Crippen LogP contribution is 2.44. The highest BCUT2D eigenvalue weighted by atomic mass is 19.3. The molecule has 0 radical (unpaired) electrons. The molecule has 1 atom stereocenters. The van der Waals surface area contributed by atoms with Crippen molar-refractivity contribution in [1.29, 1.82) is 0 Å². The molecule has 4 rings (SSSR count). The fourth-order valence-corrected chi connectivity index (χ4v) is 6.43. The number of halogens is 6. The molecule has 40 heavy (non-hydrogen) atoms. The summed E-state index contributed by atoms with van der Waals surface area (Å²) in [4.78, 5) is 0. The molecule has 2 aromatic rings. The van der Waals surface area contributed by atoms with Crippen LogP contribution in [0.3, 0.4) is 0 Å². The van der Waals surface area contributed by atoms with Crippen LogP contribution in [0.1, 0.15) is 70.3 Å². The van der Waals surface area contributed by atoms with Gasteiger partial charge in [0.2, 0.25) is 0 Å². The molecule has 1 unspecified atom stereocenters. The molecule has 0 saturated heterocycles. The smallest absolute Gasteiger partial charge is 0.400 e. The summed E-state index contributed by atoms with van der Waals surface area (Å²) in [6.45, 7) is 3.57. The second-order valence-corrected chi connectivity index (χ2v) is 11.7. The standard InChI is InChI=1S/C31H38F6O3/c1-18-3-7-21(8-4-18)23(16-39-17-38)11-20-5-9-24(10-6-20)31(36,37)40-25-14-28(34)30(29(35)15-25)22-12-26(32)19(2)27(33)13-22/h12-15,18,20-21,23-24,38H,3-11,16-17H2,1-2H3. The number of aliphatic hydroxyl groups excluding tert-OH is 1. The van der Waals surface area contributed by atoms with Gasteiger partial charge in [-0.25, -0.2) is 17.6 Å². The van der Waals surface area contributed by atoms with Crippen LogP contribution >= 0.6 is 0 Å². The van der Waals surface area contributed by atoms with Crippen LogP contribution in [0.25, 0.3) is 11.1 Å². The summed E-state index contributed by atoms with van der Waals surface area (Å²) in [5.41, 5.74) is -1.39. The zero-order valence-corrected chi connectivity index (χ0v) is 23.0. The lowest BCUT2D eigenvalue weighted by Gasteiger charge is -2.37. The van der Waals surface area contributed by atoms with Crippen LogP contribution < -0.4 is 4.74 Å². The first-order valence-electron chi connectivity index (χ1n) is 14.2. The van der Waals surface area contributed by atoms with Crippen LogP contribution in [0, 0.1) is 59.8 Å². The number of alkyl halides is 2. The van der Waals surface area contributed by atoms with Gasteiger partial charge in [-0.05, 0) is 93.2 Å². The van der Waals surface area contributed by atoms with Crippen molar-refractivity contribution in [3.63, 3.8) is 0 Å². The van der Waals surface area contributed by atoms with Gasteiger partial charge in [-0.2, -0.15) is 8.78 Å². The van der Waals surface area contributed by atoms with Crippen molar-refractivity contribution in [2.45, 2.75) is 77.7 Å². The van der Waals surface area contributed by atoms with Gasteiger partial charge in [-0.3, -0.25) is 0 Å². The Morgan fingerprint density at radius 3 is 1.98 bits per heavy atom. The van der Waals surface area contributed by atoms with Crippen LogP contribution in [-0.2, 0) is 4.74 Å². The molecule has 3 nitrogen and oxygen atoms in total. The molecule has 0 heterocycles. The molecule has 222 valence electrons. The maximum atomic E-state index is 15.1. The number of hydrogen-bond acceptors (Lipinski definition) is 3. The first kappa shape index (κ1) is 30.7. The molecule has 0 bridgehead atoms. The predicted octanol–water partition coefficient (Wildman–Crippen LogP) is 8.80. The minimum atomic E-state index is -3.65. The maximum Gasteiger partial charge on any atom is 0.400 e. The van der Waals surface area contributed by atoms with E-state index < -0.39 is 46.6 Å². The average molecular weight is 573 g/mol. The van der Waals surface area contributed by atoms with E-state index in [0.717, 1.165) is 44.2 Å². The SMILES string of the molecule is Cc1c(F)cc(-c2c(F)cc(OC(F)(F)C3CCC(CC(COCO)C4CCC(C)CC4)CC3)cc2F)cc1F. The summed E-state index contributed by atoms with van der Waals surface area (Å²) >= 11 is 0. The van der Waals surface area contributed by atoms with Crippen molar-refractivity contribution < 1.29 is 40.9 Å². The molecule has 1 N–H and O–H groups in total. The zero-order chi connectivity index (χ0) is 29.0. The fourth-order valence-electron chi connectivity index (χ4n) is 6.43. The van der Waals surface area contributed by atoms with E-state index in [0.29, 0.717) is 43.4 Å². The lowest BCUT2D eigenvalue weighted by Crippen LogP contribution is -2.38. The quantitative estimate of drug-likeness (QED) is 0.228. The maximum absolute atomic E-state index is 15.1. The van der Waals surface area contributed by atoms with Gasteiger partial charge in [0.05, 0.1) is 18.1 Å². The molecule has 2 aromatic carbocycles. The number of hydrogen-bond donors (Lipinski definition) is 1. The minimum absolute atomic E-state index is 0.206. The Hall–Kier alpha value is -2.26. The molecule has 0 aliphatic heterocycles. The molecule has 9 heteroatoms. The monoisotopic (exact) mass is 572 g/mol. The van der Waals surface area contributed by atoms with Crippen molar-refractivity contribution in [2.24, 2.45) is 29.6 Å². The van der Waals surface area contributed by atoms with E-state index in [1.807, 2.05) is 0 Å². The van der Waals surface area contributed by atoms with Gasteiger partial charge in [0.25, 0.3) is 0 Å². The molecule has 0 amide bonds. The molecular weight excluding hydrogens is 534 g/mol. The van der Waals surface area contributed by atoms with Crippen molar-refractivity contribution in [3.05, 3.63) is 53.1 Å². The van der Waals surface area contributed by atoms with Crippen LogP contribution in [0.2, 0.25) is 0 Å². The Morgan fingerprint density at radius 2 is 1.43 bits per heavy atom. The third kappa shape index (κ3) is 7.32. The number of ether oxygens (including phenoxy) is 2. The predicted molar refractivity (Wildman–Crippen MR) is 140 cm³/mol. The van der Waals surface area contributed by atoms with E-state index in [4.69, 9.17) is 14.6 Å². The largest absolute Gasteiger partial charge is 0.432 e. The van der Waals surface area contributed by atoms with E-state index in [2.05, 4.69) is 6.92 Å². The summed E-state index contributed by atoms with van der Waals surface area (Å²) in [6.07, 6.45) is 3.33. The molecule has 0 spiro atoms. The van der Waals surface area contributed by atoms with Crippen molar-refractivity contribution >= 4 is 0 Å². The van der Waals surface area contributed by atoms with Gasteiger partial charge >= 0.3 is 6.11 Å². The van der Waals surface area contributed by atoms with Crippen molar-refractivity contribution in [1.82, 2.24) is 0 Å². The van der Waals surface area contributed by atoms with Gasteiger partial charge in [-0.15, -0.1) is 0 Å². The summed E-state index contributed by atoms with van der Waals surface area (Å²) in [5.74, 6) is -4.53. The summed E-state index contributed by atoms with van der Waals surface area (Å²) in [6, 6.07) is 2.82. The molecule has 0 aromatic heterocycles. The van der Waals surface area contributed by atoms with Crippen LogP contribution in [0.15, 0.2) is 24.3 Å². The highest BCUT2D eigenvalue weighted by Gasteiger charge is 2.44. The normalized spacial score (nSPS) is 24.6. The Morgan fingerprint density at radius 1 is 0.850 bits per heavy atom. The Labute approximate surface area is 231 Å². The summed E-state index contributed by atoms with van der Waals surface area (Å²) < 4.78 is 97.8. The first-order valence-corrected chi connectivity index (χ1v) is 14.2. The highest BCUT2D eigenvalue weighted by molar-refractivity contribution is 5.66. The zero-order valence-electron chi connectivity index (χ0n) is 23.0. The number of benzene rings is 2. The lowest BCUT2D eigenvalue weighted by atomic mass is 9.71. The fraction of sp³-hybridized carbons (Fsp3) is 0.613.